The smallest absolute Gasteiger partial charge is 0.245 e. The number of hydrogen-bond donors (Lipinski definition) is 1. The van der Waals surface area contributed by atoms with Gasteiger partial charge in [-0.15, -0.1) is 0 Å². The fourth-order valence-electron chi connectivity index (χ4n) is 3.50. The maximum absolute atomic E-state index is 13.0. The van der Waals surface area contributed by atoms with E-state index in [0.29, 0.717) is 35.9 Å². The number of nitrogens with zero attached hydrogens (tertiary/aromatic N) is 3. The van der Waals surface area contributed by atoms with Crippen LogP contribution in [0, 0.1) is 0 Å². The molecule has 7 nitrogen and oxygen atoms in total. The van der Waals surface area contributed by atoms with E-state index in [1.54, 1.807) is 41.9 Å². The van der Waals surface area contributed by atoms with Crippen molar-refractivity contribution in [2.45, 2.75) is 23.8 Å². The van der Waals surface area contributed by atoms with Gasteiger partial charge >= 0.3 is 0 Å². The first kappa shape index (κ1) is 18.9. The van der Waals surface area contributed by atoms with Crippen molar-refractivity contribution >= 4 is 44.5 Å². The van der Waals surface area contributed by atoms with Crippen LogP contribution in [0.2, 0.25) is 5.02 Å². The molecule has 1 aliphatic rings. The average Bonchev–Trinajstić information content (AvgIpc) is 3.28. The zero-order valence-corrected chi connectivity index (χ0v) is 16.7. The van der Waals surface area contributed by atoms with Gasteiger partial charge in [-0.05, 0) is 43.2 Å². The predicted octanol–water partition coefficient (Wildman–Crippen LogP) is 3.02. The normalized spacial score (nSPS) is 17.9. The van der Waals surface area contributed by atoms with Crippen molar-refractivity contribution in [3.8, 4) is 0 Å². The van der Waals surface area contributed by atoms with E-state index in [2.05, 4.69) is 10.3 Å². The molecule has 28 heavy (non-hydrogen) atoms. The van der Waals surface area contributed by atoms with Crippen LogP contribution >= 0.6 is 11.6 Å². The molecule has 1 atom stereocenters. The lowest BCUT2D eigenvalue weighted by atomic mass is 10.2. The topological polar surface area (TPSA) is 84.3 Å². The fourth-order valence-corrected chi connectivity index (χ4v) is 5.34. The van der Waals surface area contributed by atoms with Crippen LogP contribution < -0.4 is 5.32 Å². The number of anilines is 1. The van der Waals surface area contributed by atoms with Crippen LogP contribution in [-0.4, -0.2) is 40.8 Å². The summed E-state index contributed by atoms with van der Waals surface area (Å²) in [6.45, 7) is 0.313. The molecule has 0 radical (unpaired) electrons. The Morgan fingerprint density at radius 3 is 2.71 bits per heavy atom. The molecule has 1 N–H and O–H groups in total. The van der Waals surface area contributed by atoms with Crippen molar-refractivity contribution in [2.75, 3.05) is 11.9 Å². The first-order valence-corrected chi connectivity index (χ1v) is 10.7. The molecule has 9 heteroatoms. The molecule has 2 aromatic carbocycles. The molecule has 0 aliphatic carbocycles. The number of amides is 1. The van der Waals surface area contributed by atoms with Crippen LogP contribution in [0.3, 0.4) is 0 Å². The first-order valence-electron chi connectivity index (χ1n) is 8.87. The van der Waals surface area contributed by atoms with Crippen LogP contribution in [0.4, 0.5) is 5.95 Å². The molecule has 1 amide bonds. The Morgan fingerprint density at radius 1 is 1.21 bits per heavy atom. The Hall–Kier alpha value is -2.42. The van der Waals surface area contributed by atoms with Gasteiger partial charge in [-0.3, -0.25) is 10.1 Å². The fraction of sp³-hybridized carbons (Fsp3) is 0.263. The number of imidazole rings is 1. The average molecular weight is 419 g/mol. The van der Waals surface area contributed by atoms with Gasteiger partial charge in [0.2, 0.25) is 21.9 Å². The molecule has 1 fully saturated rings. The van der Waals surface area contributed by atoms with Crippen molar-refractivity contribution in [3.63, 3.8) is 0 Å². The van der Waals surface area contributed by atoms with E-state index in [1.165, 1.54) is 16.4 Å². The van der Waals surface area contributed by atoms with E-state index < -0.39 is 16.1 Å². The zero-order valence-electron chi connectivity index (χ0n) is 15.2. The van der Waals surface area contributed by atoms with Crippen molar-refractivity contribution in [1.82, 2.24) is 13.9 Å². The number of aryl methyl sites for hydroxylation is 1. The quantitative estimate of drug-likeness (QED) is 0.705. The highest BCUT2D eigenvalue weighted by Gasteiger charge is 2.39. The molecular formula is C19H19ClN4O3S. The van der Waals surface area contributed by atoms with E-state index in [0.717, 1.165) is 5.52 Å². The Balaban J connectivity index is 1.60. The maximum Gasteiger partial charge on any atom is 0.245 e. The summed E-state index contributed by atoms with van der Waals surface area (Å²) in [7, 11) is -1.95. The molecule has 1 saturated heterocycles. The summed E-state index contributed by atoms with van der Waals surface area (Å²) in [5.74, 6) is -0.0345. The van der Waals surface area contributed by atoms with Gasteiger partial charge in [0.1, 0.15) is 6.04 Å². The minimum absolute atomic E-state index is 0.187. The van der Waals surface area contributed by atoms with E-state index in [4.69, 9.17) is 11.6 Å². The second-order valence-electron chi connectivity index (χ2n) is 6.70. The minimum atomic E-state index is -3.74. The summed E-state index contributed by atoms with van der Waals surface area (Å²) in [5.41, 5.74) is 1.48. The summed E-state index contributed by atoms with van der Waals surface area (Å²) in [5, 5.41) is 3.33. The van der Waals surface area contributed by atoms with E-state index in [1.807, 2.05) is 6.07 Å². The summed E-state index contributed by atoms with van der Waals surface area (Å²) in [6.07, 6.45) is 1.09. The molecule has 146 valence electrons. The molecule has 1 unspecified atom stereocenters. The largest absolute Gasteiger partial charge is 0.313 e. The Morgan fingerprint density at radius 2 is 1.96 bits per heavy atom. The second kappa shape index (κ2) is 7.20. The number of hydrogen-bond acceptors (Lipinski definition) is 4. The molecule has 0 saturated carbocycles. The van der Waals surface area contributed by atoms with Crippen molar-refractivity contribution in [3.05, 3.63) is 53.6 Å². The Kier molecular flexibility index (Phi) is 4.86. The molecule has 0 bridgehead atoms. The number of nitrogens with one attached hydrogen (secondary N) is 1. The highest BCUT2D eigenvalue weighted by molar-refractivity contribution is 7.89. The number of rotatable bonds is 4. The van der Waals surface area contributed by atoms with Gasteiger partial charge in [0.15, 0.2) is 0 Å². The van der Waals surface area contributed by atoms with Crippen LogP contribution in [0.25, 0.3) is 11.0 Å². The van der Waals surface area contributed by atoms with Gasteiger partial charge in [0.05, 0.1) is 15.9 Å². The summed E-state index contributed by atoms with van der Waals surface area (Å²) in [4.78, 5) is 17.5. The van der Waals surface area contributed by atoms with Crippen LogP contribution in [0.1, 0.15) is 12.8 Å². The van der Waals surface area contributed by atoms with Crippen LogP contribution in [0.15, 0.2) is 53.4 Å². The predicted molar refractivity (Wildman–Crippen MR) is 108 cm³/mol. The highest BCUT2D eigenvalue weighted by Crippen LogP contribution is 2.27. The van der Waals surface area contributed by atoms with Crippen molar-refractivity contribution in [2.24, 2.45) is 7.05 Å². The zero-order chi connectivity index (χ0) is 19.9. The second-order valence-corrected chi connectivity index (χ2v) is 9.03. The summed E-state index contributed by atoms with van der Waals surface area (Å²) >= 11 is 6.01. The number of halogens is 1. The molecular weight excluding hydrogens is 400 g/mol. The van der Waals surface area contributed by atoms with Crippen molar-refractivity contribution in [1.29, 1.82) is 0 Å². The van der Waals surface area contributed by atoms with E-state index in [-0.39, 0.29) is 10.8 Å². The molecule has 4 rings (SSSR count). The third-order valence-electron chi connectivity index (χ3n) is 4.93. The molecule has 0 spiro atoms. The lowest BCUT2D eigenvalue weighted by molar-refractivity contribution is -0.119. The van der Waals surface area contributed by atoms with E-state index >= 15 is 0 Å². The van der Waals surface area contributed by atoms with E-state index in [9.17, 15) is 13.2 Å². The van der Waals surface area contributed by atoms with Gasteiger partial charge < -0.3 is 4.57 Å². The molecule has 2 heterocycles. The Labute approximate surface area is 168 Å². The third-order valence-corrected chi connectivity index (χ3v) is 7.09. The van der Waals surface area contributed by atoms with Gasteiger partial charge in [0.25, 0.3) is 0 Å². The number of carbonyl (C=O) groups excluding carboxylic acids is 1. The number of benzene rings is 2. The third kappa shape index (κ3) is 3.28. The minimum Gasteiger partial charge on any atom is -0.313 e. The number of aromatic nitrogens is 2. The first-order chi connectivity index (χ1) is 13.4. The number of sulfonamides is 1. The van der Waals surface area contributed by atoms with Gasteiger partial charge in [-0.25, -0.2) is 13.4 Å². The summed E-state index contributed by atoms with van der Waals surface area (Å²) in [6, 6.07) is 12.7. The monoisotopic (exact) mass is 418 g/mol. The van der Waals surface area contributed by atoms with Gasteiger partial charge in [-0.1, -0.05) is 29.8 Å². The van der Waals surface area contributed by atoms with Crippen molar-refractivity contribution < 1.29 is 13.2 Å². The molecule has 3 aromatic rings. The highest BCUT2D eigenvalue weighted by atomic mass is 35.5. The summed E-state index contributed by atoms with van der Waals surface area (Å²) < 4.78 is 28.9. The Bertz CT molecular complexity index is 1140. The maximum atomic E-state index is 13.0. The van der Waals surface area contributed by atoms with Gasteiger partial charge in [0, 0.05) is 18.6 Å². The molecule has 1 aliphatic heterocycles. The lowest BCUT2D eigenvalue weighted by Crippen LogP contribution is -2.43. The number of carbonyl (C=O) groups is 1. The van der Waals surface area contributed by atoms with Crippen LogP contribution in [-0.2, 0) is 21.9 Å². The lowest BCUT2D eigenvalue weighted by Gasteiger charge is -2.23. The van der Waals surface area contributed by atoms with Gasteiger partial charge in [-0.2, -0.15) is 4.31 Å². The standard InChI is InChI=1S/C19H19ClN4O3S/c1-23-16-10-9-13(20)12-15(16)21-19(23)22-18(25)17-8-5-11-24(17)28(26,27)14-6-3-2-4-7-14/h2-4,6-7,9-10,12,17H,5,8,11H2,1H3,(H,21,22,25). The SMILES string of the molecule is Cn1c(NC(=O)C2CCCN2S(=O)(=O)c2ccccc2)nc2cc(Cl)ccc21. The molecule has 1 aromatic heterocycles. The van der Waals surface area contributed by atoms with Crippen LogP contribution in [0.5, 0.6) is 0 Å². The number of fused-ring (bicyclic) bond motifs is 1.